The first-order valence-corrected chi connectivity index (χ1v) is 9.94. The average molecular weight is 404 g/mol. The summed E-state index contributed by atoms with van der Waals surface area (Å²) < 4.78 is 54.6. The third kappa shape index (κ3) is 5.96. The molecule has 0 aliphatic rings. The zero-order chi connectivity index (χ0) is 20.9. The van der Waals surface area contributed by atoms with Gasteiger partial charge in [-0.3, -0.25) is 0 Å². The van der Waals surface area contributed by atoms with Crippen LogP contribution < -0.4 is 4.74 Å². The van der Waals surface area contributed by atoms with E-state index >= 15 is 0 Å². The minimum absolute atomic E-state index is 0.499. The Morgan fingerprint density at radius 1 is 0.759 bits per heavy atom. The van der Waals surface area contributed by atoms with Crippen molar-refractivity contribution < 1.29 is 22.3 Å². The van der Waals surface area contributed by atoms with Crippen LogP contribution in [0.3, 0.4) is 0 Å². The highest BCUT2D eigenvalue weighted by atomic mass is 19.4. The Hall–Kier alpha value is -2.56. The van der Waals surface area contributed by atoms with Crippen LogP contribution in [0.1, 0.15) is 44.6 Å². The minimum Gasteiger partial charge on any atom is -0.403 e. The highest BCUT2D eigenvalue weighted by Gasteiger charge is 2.32. The van der Waals surface area contributed by atoms with Crippen molar-refractivity contribution in [2.45, 2.75) is 51.8 Å². The summed E-state index contributed by atoms with van der Waals surface area (Å²) in [7, 11) is 0. The standard InChI is InChI=1S/C24H24F4O/c1-2-3-4-5-6-7-17-8-9-19-15-20(11-10-18(19)14-17)21-12-13-23(22(25)16-21)29-24(26,27)28/h8-16H,2-7H2,1H3. The van der Waals surface area contributed by atoms with Crippen molar-refractivity contribution in [3.05, 3.63) is 66.0 Å². The molecule has 0 amide bonds. The fourth-order valence-corrected chi connectivity index (χ4v) is 3.45. The van der Waals surface area contributed by atoms with Crippen molar-refractivity contribution in [3.8, 4) is 16.9 Å². The largest absolute Gasteiger partial charge is 0.573 e. The molecule has 3 rings (SSSR count). The van der Waals surface area contributed by atoms with Gasteiger partial charge in [0.1, 0.15) is 0 Å². The summed E-state index contributed by atoms with van der Waals surface area (Å²) >= 11 is 0. The lowest BCUT2D eigenvalue weighted by molar-refractivity contribution is -0.275. The van der Waals surface area contributed by atoms with E-state index in [0.717, 1.165) is 34.9 Å². The van der Waals surface area contributed by atoms with E-state index in [1.165, 1.54) is 43.7 Å². The van der Waals surface area contributed by atoms with Gasteiger partial charge < -0.3 is 4.74 Å². The SMILES string of the molecule is CCCCCCCc1ccc2cc(-c3ccc(OC(F)(F)F)c(F)c3)ccc2c1. The zero-order valence-corrected chi connectivity index (χ0v) is 16.4. The van der Waals surface area contributed by atoms with Gasteiger partial charge in [-0.2, -0.15) is 0 Å². The van der Waals surface area contributed by atoms with Crippen LogP contribution in [0.2, 0.25) is 0 Å². The van der Waals surface area contributed by atoms with Crippen molar-refractivity contribution >= 4 is 10.8 Å². The third-order valence-electron chi connectivity index (χ3n) is 4.96. The zero-order valence-electron chi connectivity index (χ0n) is 16.4. The van der Waals surface area contributed by atoms with E-state index in [0.29, 0.717) is 5.56 Å². The Balaban J connectivity index is 1.74. The molecule has 3 aromatic carbocycles. The first kappa shape index (κ1) is 21.2. The van der Waals surface area contributed by atoms with Crippen molar-refractivity contribution in [3.63, 3.8) is 0 Å². The summed E-state index contributed by atoms with van der Waals surface area (Å²) in [4.78, 5) is 0. The van der Waals surface area contributed by atoms with Gasteiger partial charge in [-0.1, -0.05) is 69.0 Å². The van der Waals surface area contributed by atoms with Crippen LogP contribution in [0.25, 0.3) is 21.9 Å². The topological polar surface area (TPSA) is 9.23 Å². The van der Waals surface area contributed by atoms with Crippen LogP contribution in [-0.2, 0) is 6.42 Å². The lowest BCUT2D eigenvalue weighted by Gasteiger charge is -2.11. The normalized spacial score (nSPS) is 11.8. The molecule has 0 saturated heterocycles. The number of halogens is 4. The molecule has 3 aromatic rings. The average Bonchev–Trinajstić information content (AvgIpc) is 2.68. The van der Waals surface area contributed by atoms with Crippen molar-refractivity contribution in [2.75, 3.05) is 0 Å². The number of alkyl halides is 3. The predicted molar refractivity (Wildman–Crippen MR) is 108 cm³/mol. The van der Waals surface area contributed by atoms with E-state index in [2.05, 4.69) is 23.8 Å². The van der Waals surface area contributed by atoms with Gasteiger partial charge in [0.25, 0.3) is 0 Å². The molecule has 0 radical (unpaired) electrons. The van der Waals surface area contributed by atoms with Crippen LogP contribution in [0.5, 0.6) is 5.75 Å². The Morgan fingerprint density at radius 2 is 1.41 bits per heavy atom. The first-order valence-electron chi connectivity index (χ1n) is 9.94. The number of hydrogen-bond acceptors (Lipinski definition) is 1. The second-order valence-electron chi connectivity index (χ2n) is 7.25. The molecular weight excluding hydrogens is 380 g/mol. The lowest BCUT2D eigenvalue weighted by atomic mass is 9.98. The molecule has 0 bridgehead atoms. The fraction of sp³-hybridized carbons (Fsp3) is 0.333. The molecular formula is C24H24F4O. The fourth-order valence-electron chi connectivity index (χ4n) is 3.45. The Labute approximate surface area is 168 Å². The molecule has 5 heteroatoms. The number of unbranched alkanes of at least 4 members (excludes halogenated alkanes) is 4. The molecule has 0 N–H and O–H groups in total. The Bertz CT molecular complexity index is 963. The van der Waals surface area contributed by atoms with Crippen molar-refractivity contribution in [1.29, 1.82) is 0 Å². The van der Waals surface area contributed by atoms with Crippen LogP contribution in [0.4, 0.5) is 17.6 Å². The maximum Gasteiger partial charge on any atom is 0.573 e. The number of hydrogen-bond donors (Lipinski definition) is 0. The number of rotatable bonds is 8. The molecule has 154 valence electrons. The highest BCUT2D eigenvalue weighted by molar-refractivity contribution is 5.88. The molecule has 1 nitrogen and oxygen atoms in total. The Morgan fingerprint density at radius 3 is 2.14 bits per heavy atom. The number of benzene rings is 3. The molecule has 0 aliphatic carbocycles. The van der Waals surface area contributed by atoms with Gasteiger partial charge in [-0.25, -0.2) is 4.39 Å². The van der Waals surface area contributed by atoms with Crippen LogP contribution in [-0.4, -0.2) is 6.36 Å². The van der Waals surface area contributed by atoms with E-state index in [1.807, 2.05) is 24.3 Å². The van der Waals surface area contributed by atoms with Crippen molar-refractivity contribution in [1.82, 2.24) is 0 Å². The molecule has 29 heavy (non-hydrogen) atoms. The van der Waals surface area contributed by atoms with E-state index in [4.69, 9.17) is 0 Å². The molecule has 0 saturated carbocycles. The summed E-state index contributed by atoms with van der Waals surface area (Å²) in [5.74, 6) is -1.87. The van der Waals surface area contributed by atoms with E-state index < -0.39 is 17.9 Å². The quantitative estimate of drug-likeness (QED) is 0.272. The molecule has 0 unspecified atom stereocenters. The van der Waals surface area contributed by atoms with Gasteiger partial charge in [0, 0.05) is 0 Å². The van der Waals surface area contributed by atoms with Crippen LogP contribution in [0.15, 0.2) is 54.6 Å². The maximum atomic E-state index is 14.0. The third-order valence-corrected chi connectivity index (χ3v) is 4.96. The lowest BCUT2D eigenvalue weighted by Crippen LogP contribution is -2.17. The van der Waals surface area contributed by atoms with Gasteiger partial charge in [0.05, 0.1) is 0 Å². The second kappa shape index (κ2) is 9.29. The highest BCUT2D eigenvalue weighted by Crippen LogP contribution is 2.31. The summed E-state index contributed by atoms with van der Waals surface area (Å²) in [6.45, 7) is 2.21. The van der Waals surface area contributed by atoms with E-state index in [1.54, 1.807) is 0 Å². The predicted octanol–water partition coefficient (Wildman–Crippen LogP) is 8.06. The second-order valence-corrected chi connectivity index (χ2v) is 7.25. The van der Waals surface area contributed by atoms with Crippen LogP contribution in [0, 0.1) is 5.82 Å². The maximum absolute atomic E-state index is 14.0. The summed E-state index contributed by atoms with van der Waals surface area (Å²) in [6.07, 6.45) is 2.34. The first-order chi connectivity index (χ1) is 13.9. The number of ether oxygens (including phenoxy) is 1. The van der Waals surface area contributed by atoms with E-state index in [-0.39, 0.29) is 0 Å². The number of fused-ring (bicyclic) bond motifs is 1. The van der Waals surface area contributed by atoms with Gasteiger partial charge in [0.2, 0.25) is 0 Å². The van der Waals surface area contributed by atoms with Crippen LogP contribution >= 0.6 is 0 Å². The molecule has 0 atom stereocenters. The van der Waals surface area contributed by atoms with Gasteiger partial charge in [0.15, 0.2) is 11.6 Å². The smallest absolute Gasteiger partial charge is 0.403 e. The molecule has 0 aromatic heterocycles. The molecule has 0 heterocycles. The van der Waals surface area contributed by atoms with Gasteiger partial charge in [-0.15, -0.1) is 13.2 Å². The molecule has 0 spiro atoms. The monoisotopic (exact) mass is 404 g/mol. The molecule has 0 fully saturated rings. The van der Waals surface area contributed by atoms with Crippen molar-refractivity contribution in [2.24, 2.45) is 0 Å². The Kier molecular flexibility index (Phi) is 6.78. The van der Waals surface area contributed by atoms with Gasteiger partial charge in [-0.05, 0) is 58.5 Å². The molecule has 0 aliphatic heterocycles. The van der Waals surface area contributed by atoms with Gasteiger partial charge >= 0.3 is 6.36 Å². The minimum atomic E-state index is -4.92. The van der Waals surface area contributed by atoms with E-state index in [9.17, 15) is 17.6 Å². The summed E-state index contributed by atoms with van der Waals surface area (Å²) in [6, 6.07) is 15.5. The summed E-state index contributed by atoms with van der Waals surface area (Å²) in [5, 5.41) is 2.10. The number of aryl methyl sites for hydroxylation is 1. The summed E-state index contributed by atoms with van der Waals surface area (Å²) in [5.41, 5.74) is 2.53.